The van der Waals surface area contributed by atoms with E-state index in [1.54, 1.807) is 0 Å². The molecule has 0 spiro atoms. The molecule has 1 aromatic rings. The summed E-state index contributed by atoms with van der Waals surface area (Å²) in [5.41, 5.74) is 0.968. The first kappa shape index (κ1) is 15.0. The molecule has 0 aliphatic carbocycles. The number of carbonyl (C=O) groups is 1. The smallest absolute Gasteiger partial charge is 0.310 e. The standard InChI is InChI=1S/C12H16ClNO3S/c1-14-18(13,16)9-11(12(15)17-2)8-10-6-4-3-5-7-10/h3-7,11H,8-9H2,1-2H3. The largest absolute Gasteiger partial charge is 0.469 e. The zero-order valence-electron chi connectivity index (χ0n) is 10.3. The van der Waals surface area contributed by atoms with E-state index >= 15 is 0 Å². The van der Waals surface area contributed by atoms with E-state index in [1.807, 2.05) is 30.3 Å². The molecule has 0 fully saturated rings. The fraction of sp³-hybridized carbons (Fsp3) is 0.417. The maximum Gasteiger partial charge on any atom is 0.310 e. The number of halogens is 1. The highest BCUT2D eigenvalue weighted by Crippen LogP contribution is 2.16. The molecule has 18 heavy (non-hydrogen) atoms. The Morgan fingerprint density at radius 3 is 2.56 bits per heavy atom. The van der Waals surface area contributed by atoms with Gasteiger partial charge in [-0.2, -0.15) is 0 Å². The lowest BCUT2D eigenvalue weighted by Crippen LogP contribution is -2.25. The van der Waals surface area contributed by atoms with Crippen LogP contribution in [0.1, 0.15) is 5.56 Å². The predicted molar refractivity (Wildman–Crippen MR) is 72.9 cm³/mol. The molecule has 2 atom stereocenters. The van der Waals surface area contributed by atoms with Gasteiger partial charge in [-0.25, -0.2) is 8.57 Å². The maximum absolute atomic E-state index is 11.8. The van der Waals surface area contributed by atoms with Gasteiger partial charge in [0.2, 0.25) is 0 Å². The summed E-state index contributed by atoms with van der Waals surface area (Å²) < 4.78 is 20.1. The average molecular weight is 290 g/mol. The van der Waals surface area contributed by atoms with Crippen molar-refractivity contribution in [2.75, 3.05) is 19.9 Å². The van der Waals surface area contributed by atoms with Crippen molar-refractivity contribution in [3.63, 3.8) is 0 Å². The summed E-state index contributed by atoms with van der Waals surface area (Å²) >= 11 is 0. The Morgan fingerprint density at radius 2 is 2.06 bits per heavy atom. The number of benzene rings is 1. The van der Waals surface area contributed by atoms with Crippen LogP contribution in [-0.2, 0) is 24.9 Å². The van der Waals surface area contributed by atoms with Crippen molar-refractivity contribution in [2.45, 2.75) is 6.42 Å². The van der Waals surface area contributed by atoms with Crippen molar-refractivity contribution in [1.29, 1.82) is 0 Å². The molecule has 0 saturated heterocycles. The van der Waals surface area contributed by atoms with Gasteiger partial charge >= 0.3 is 5.97 Å². The molecule has 0 aliphatic rings. The van der Waals surface area contributed by atoms with Crippen LogP contribution in [0.4, 0.5) is 0 Å². The third-order valence-electron chi connectivity index (χ3n) is 2.54. The highest BCUT2D eigenvalue weighted by molar-refractivity contribution is 8.15. The summed E-state index contributed by atoms with van der Waals surface area (Å²) in [4.78, 5) is 11.7. The first-order chi connectivity index (χ1) is 8.48. The summed E-state index contributed by atoms with van der Waals surface area (Å²) in [5, 5.41) is 0. The molecular formula is C12H16ClNO3S. The van der Waals surface area contributed by atoms with Crippen LogP contribution in [0.3, 0.4) is 0 Å². The van der Waals surface area contributed by atoms with Gasteiger partial charge in [0, 0.05) is 7.05 Å². The Labute approximate surface area is 112 Å². The van der Waals surface area contributed by atoms with E-state index in [0.717, 1.165) is 5.56 Å². The lowest BCUT2D eigenvalue weighted by atomic mass is 10.0. The molecule has 100 valence electrons. The Morgan fingerprint density at radius 1 is 1.44 bits per heavy atom. The highest BCUT2D eigenvalue weighted by Gasteiger charge is 2.24. The molecule has 1 aromatic carbocycles. The summed E-state index contributed by atoms with van der Waals surface area (Å²) in [7, 11) is 5.57. The summed E-state index contributed by atoms with van der Waals surface area (Å²) in [6.45, 7) is 0. The number of methoxy groups -OCH3 is 1. The Bertz CT molecular complexity index is 509. The van der Waals surface area contributed by atoms with Gasteiger partial charge in [0.25, 0.3) is 0 Å². The van der Waals surface area contributed by atoms with Crippen LogP contribution < -0.4 is 0 Å². The fourth-order valence-corrected chi connectivity index (χ4v) is 2.95. The maximum atomic E-state index is 11.8. The van der Waals surface area contributed by atoms with Crippen molar-refractivity contribution in [1.82, 2.24) is 0 Å². The van der Waals surface area contributed by atoms with Crippen molar-refractivity contribution in [2.24, 2.45) is 10.3 Å². The van der Waals surface area contributed by atoms with Gasteiger partial charge in [0.15, 0.2) is 0 Å². The monoisotopic (exact) mass is 289 g/mol. The fourth-order valence-electron chi connectivity index (χ4n) is 1.60. The van der Waals surface area contributed by atoms with Crippen LogP contribution in [0.5, 0.6) is 0 Å². The van der Waals surface area contributed by atoms with Crippen LogP contribution in [0, 0.1) is 5.92 Å². The van der Waals surface area contributed by atoms with Crippen LogP contribution in [0.2, 0.25) is 0 Å². The quantitative estimate of drug-likeness (QED) is 0.617. The van der Waals surface area contributed by atoms with Crippen molar-refractivity contribution < 1.29 is 13.7 Å². The average Bonchev–Trinajstić information content (AvgIpc) is 2.38. The number of hydrogen-bond acceptors (Lipinski definition) is 4. The highest BCUT2D eigenvalue weighted by atomic mass is 35.7. The lowest BCUT2D eigenvalue weighted by molar-refractivity contribution is -0.144. The van der Waals surface area contributed by atoms with Gasteiger partial charge in [-0.3, -0.25) is 4.79 Å². The predicted octanol–water partition coefficient (Wildman–Crippen LogP) is 2.27. The molecule has 0 heterocycles. The number of carbonyl (C=O) groups excluding carboxylic acids is 1. The number of nitrogens with zero attached hydrogens (tertiary/aromatic N) is 1. The summed E-state index contributed by atoms with van der Waals surface area (Å²) in [6, 6.07) is 9.45. The van der Waals surface area contributed by atoms with Crippen LogP contribution in [0.25, 0.3) is 0 Å². The minimum Gasteiger partial charge on any atom is -0.469 e. The Hall–Kier alpha value is -1.07. The van der Waals surface area contributed by atoms with Gasteiger partial charge in [-0.15, -0.1) is 0 Å². The molecule has 0 aliphatic heterocycles. The molecule has 0 amide bonds. The topological polar surface area (TPSA) is 55.7 Å². The summed E-state index contributed by atoms with van der Waals surface area (Å²) in [5.74, 6) is -0.978. The number of ether oxygens (including phenoxy) is 1. The van der Waals surface area contributed by atoms with Crippen LogP contribution >= 0.6 is 10.7 Å². The molecule has 1 rings (SSSR count). The van der Waals surface area contributed by atoms with Gasteiger partial charge in [-0.05, 0) is 22.7 Å². The van der Waals surface area contributed by atoms with E-state index in [2.05, 4.69) is 4.36 Å². The van der Waals surface area contributed by atoms with E-state index in [9.17, 15) is 9.00 Å². The van der Waals surface area contributed by atoms with E-state index in [0.29, 0.717) is 6.42 Å². The molecule has 0 saturated carbocycles. The Kier molecular flexibility index (Phi) is 5.62. The first-order valence-electron chi connectivity index (χ1n) is 5.43. The first-order valence-corrected chi connectivity index (χ1v) is 7.94. The van der Waals surface area contributed by atoms with E-state index < -0.39 is 20.8 Å². The minimum atomic E-state index is -2.85. The van der Waals surface area contributed by atoms with Crippen LogP contribution in [-0.4, -0.2) is 30.1 Å². The minimum absolute atomic E-state index is 0.00732. The second kappa shape index (κ2) is 6.75. The molecule has 6 heteroatoms. The normalized spacial score (nSPS) is 15.5. The van der Waals surface area contributed by atoms with Crippen molar-refractivity contribution >= 4 is 25.6 Å². The second-order valence-corrected chi connectivity index (χ2v) is 7.09. The third kappa shape index (κ3) is 4.66. The number of esters is 1. The Balaban J connectivity index is 2.87. The molecule has 2 unspecified atom stereocenters. The van der Waals surface area contributed by atoms with Gasteiger partial charge in [-0.1, -0.05) is 30.3 Å². The second-order valence-electron chi connectivity index (χ2n) is 3.82. The van der Waals surface area contributed by atoms with Crippen molar-refractivity contribution in [3.05, 3.63) is 35.9 Å². The summed E-state index contributed by atoms with van der Waals surface area (Å²) in [6.07, 6.45) is 0.437. The third-order valence-corrected chi connectivity index (χ3v) is 4.69. The van der Waals surface area contributed by atoms with E-state index in [-0.39, 0.29) is 5.75 Å². The number of hydrogen-bond donors (Lipinski definition) is 0. The van der Waals surface area contributed by atoms with E-state index in [4.69, 9.17) is 15.4 Å². The zero-order valence-corrected chi connectivity index (χ0v) is 11.9. The number of rotatable bonds is 5. The molecule has 0 N–H and O–H groups in total. The van der Waals surface area contributed by atoms with E-state index in [1.165, 1.54) is 14.2 Å². The molecule has 0 aromatic heterocycles. The van der Waals surface area contributed by atoms with Gasteiger partial charge in [0.1, 0.15) is 8.94 Å². The van der Waals surface area contributed by atoms with Crippen molar-refractivity contribution in [3.8, 4) is 0 Å². The van der Waals surface area contributed by atoms with Gasteiger partial charge in [0.05, 0.1) is 18.8 Å². The molecule has 0 radical (unpaired) electrons. The lowest BCUT2D eigenvalue weighted by Gasteiger charge is -2.14. The van der Waals surface area contributed by atoms with Crippen LogP contribution in [0.15, 0.2) is 34.7 Å². The SMILES string of the molecule is CN=S(=O)(Cl)CC(Cc1ccccc1)C(=O)OC. The molecule has 0 bridgehead atoms. The zero-order chi connectivity index (χ0) is 13.6. The van der Waals surface area contributed by atoms with Gasteiger partial charge < -0.3 is 4.74 Å². The molecular weight excluding hydrogens is 274 g/mol. The molecule has 4 nitrogen and oxygen atoms in total.